The van der Waals surface area contributed by atoms with E-state index in [1.165, 1.54) is 5.56 Å². The zero-order valence-electron chi connectivity index (χ0n) is 13.2. The van der Waals surface area contributed by atoms with Gasteiger partial charge in [-0.05, 0) is 17.7 Å². The predicted octanol–water partition coefficient (Wildman–Crippen LogP) is 4.57. The van der Waals surface area contributed by atoms with Crippen LogP contribution in [0, 0.1) is 0 Å². The summed E-state index contributed by atoms with van der Waals surface area (Å²) < 4.78 is 0. The van der Waals surface area contributed by atoms with E-state index in [-0.39, 0.29) is 12.4 Å². The number of hydrazone groups is 1. The molecule has 0 atom stereocenters. The molecule has 0 unspecified atom stereocenters. The molecule has 6 heteroatoms. The summed E-state index contributed by atoms with van der Waals surface area (Å²) in [6.07, 6.45) is 1.76. The molecule has 24 heavy (non-hydrogen) atoms. The second-order valence-electron chi connectivity index (χ2n) is 5.60. The third kappa shape index (κ3) is 5.12. The van der Waals surface area contributed by atoms with Crippen LogP contribution < -0.4 is 0 Å². The average Bonchev–Trinajstić information content (AvgIpc) is 2.57. The number of hydrogen-bond acceptors (Lipinski definition) is 3. The lowest BCUT2D eigenvalue weighted by Gasteiger charge is -2.33. The molecule has 2 aromatic rings. The molecule has 0 aromatic heterocycles. The number of nitrogens with zero attached hydrogens (tertiary/aromatic N) is 3. The van der Waals surface area contributed by atoms with Crippen LogP contribution in [0.4, 0.5) is 0 Å². The Morgan fingerprint density at radius 1 is 0.875 bits per heavy atom. The van der Waals surface area contributed by atoms with E-state index >= 15 is 0 Å². The predicted molar refractivity (Wildman–Crippen MR) is 105 cm³/mol. The lowest BCUT2D eigenvalue weighted by atomic mass is 10.2. The van der Waals surface area contributed by atoms with Gasteiger partial charge in [0.1, 0.15) is 0 Å². The standard InChI is InChI=1S/C18H19Cl2N3.ClH/c19-17-7-4-8-18(20)16(17)13-21-23-11-9-22(10-12-23)14-15-5-2-1-3-6-15;/h1-8,13H,9-12,14H2;1H. The van der Waals surface area contributed by atoms with E-state index in [1.807, 2.05) is 18.2 Å². The van der Waals surface area contributed by atoms with E-state index in [1.54, 1.807) is 6.21 Å². The average molecular weight is 385 g/mol. The summed E-state index contributed by atoms with van der Waals surface area (Å²) in [6.45, 7) is 4.82. The molecular weight excluding hydrogens is 365 g/mol. The Balaban J connectivity index is 0.00000208. The van der Waals surface area contributed by atoms with E-state index in [9.17, 15) is 0 Å². The summed E-state index contributed by atoms with van der Waals surface area (Å²) in [5.41, 5.74) is 2.13. The lowest BCUT2D eigenvalue weighted by molar-refractivity contribution is 0.131. The van der Waals surface area contributed by atoms with Crippen LogP contribution in [0.5, 0.6) is 0 Å². The van der Waals surface area contributed by atoms with E-state index in [2.05, 4.69) is 45.3 Å². The maximum Gasteiger partial charge on any atom is 0.0572 e. The molecule has 1 aliphatic heterocycles. The van der Waals surface area contributed by atoms with Gasteiger partial charge in [-0.1, -0.05) is 59.6 Å². The van der Waals surface area contributed by atoms with Crippen LogP contribution >= 0.6 is 35.6 Å². The van der Waals surface area contributed by atoms with Gasteiger partial charge in [0.2, 0.25) is 0 Å². The van der Waals surface area contributed by atoms with Crippen molar-refractivity contribution in [3.63, 3.8) is 0 Å². The van der Waals surface area contributed by atoms with Gasteiger partial charge in [-0.3, -0.25) is 9.91 Å². The van der Waals surface area contributed by atoms with Gasteiger partial charge in [-0.2, -0.15) is 5.10 Å². The van der Waals surface area contributed by atoms with Crippen LogP contribution in [0.25, 0.3) is 0 Å². The first-order chi connectivity index (χ1) is 11.2. The van der Waals surface area contributed by atoms with Crippen molar-refractivity contribution in [3.8, 4) is 0 Å². The molecule has 1 heterocycles. The Hall–Kier alpha value is -1.26. The summed E-state index contributed by atoms with van der Waals surface area (Å²) in [5.74, 6) is 0. The minimum absolute atomic E-state index is 0. The lowest BCUT2D eigenvalue weighted by Crippen LogP contribution is -2.43. The summed E-state index contributed by atoms with van der Waals surface area (Å²) in [7, 11) is 0. The highest BCUT2D eigenvalue weighted by atomic mass is 35.5. The highest BCUT2D eigenvalue weighted by Crippen LogP contribution is 2.22. The van der Waals surface area contributed by atoms with Crippen molar-refractivity contribution in [2.45, 2.75) is 6.54 Å². The molecule has 0 amide bonds. The molecule has 0 saturated carbocycles. The summed E-state index contributed by atoms with van der Waals surface area (Å²) >= 11 is 12.3. The molecule has 0 spiro atoms. The quantitative estimate of drug-likeness (QED) is 0.719. The Morgan fingerprint density at radius 3 is 2.12 bits per heavy atom. The molecule has 3 rings (SSSR count). The summed E-state index contributed by atoms with van der Waals surface area (Å²) in [6, 6.07) is 16.1. The highest BCUT2D eigenvalue weighted by molar-refractivity contribution is 6.38. The topological polar surface area (TPSA) is 18.8 Å². The maximum atomic E-state index is 6.16. The number of benzene rings is 2. The maximum absolute atomic E-state index is 6.16. The Labute approximate surface area is 159 Å². The van der Waals surface area contributed by atoms with Gasteiger partial charge in [0.05, 0.1) is 16.3 Å². The molecule has 1 saturated heterocycles. The number of hydrogen-bond donors (Lipinski definition) is 0. The first kappa shape index (κ1) is 19.1. The monoisotopic (exact) mass is 383 g/mol. The zero-order valence-corrected chi connectivity index (χ0v) is 15.6. The molecule has 128 valence electrons. The Morgan fingerprint density at radius 2 is 1.50 bits per heavy atom. The largest absolute Gasteiger partial charge is 0.295 e. The fraction of sp³-hybridized carbons (Fsp3) is 0.278. The molecule has 1 fully saturated rings. The van der Waals surface area contributed by atoms with Crippen LogP contribution in [0.2, 0.25) is 10.0 Å². The van der Waals surface area contributed by atoms with Crippen molar-refractivity contribution in [2.75, 3.05) is 26.2 Å². The van der Waals surface area contributed by atoms with Crippen molar-refractivity contribution in [2.24, 2.45) is 5.10 Å². The third-order valence-electron chi connectivity index (χ3n) is 3.95. The second kappa shape index (κ2) is 9.28. The van der Waals surface area contributed by atoms with E-state index in [0.29, 0.717) is 10.0 Å². The highest BCUT2D eigenvalue weighted by Gasteiger charge is 2.15. The smallest absolute Gasteiger partial charge is 0.0572 e. The van der Waals surface area contributed by atoms with Gasteiger partial charge in [0.15, 0.2) is 0 Å². The minimum Gasteiger partial charge on any atom is -0.295 e. The van der Waals surface area contributed by atoms with Gasteiger partial charge >= 0.3 is 0 Å². The van der Waals surface area contributed by atoms with E-state index in [4.69, 9.17) is 23.2 Å². The van der Waals surface area contributed by atoms with Gasteiger partial charge in [0, 0.05) is 38.3 Å². The van der Waals surface area contributed by atoms with Gasteiger partial charge in [0.25, 0.3) is 0 Å². The first-order valence-electron chi connectivity index (χ1n) is 7.71. The van der Waals surface area contributed by atoms with Gasteiger partial charge in [-0.15, -0.1) is 12.4 Å². The molecule has 0 radical (unpaired) electrons. The van der Waals surface area contributed by atoms with Crippen molar-refractivity contribution in [1.82, 2.24) is 9.91 Å². The van der Waals surface area contributed by atoms with Crippen LogP contribution in [-0.2, 0) is 6.54 Å². The summed E-state index contributed by atoms with van der Waals surface area (Å²) in [5, 5.41) is 7.86. The fourth-order valence-electron chi connectivity index (χ4n) is 2.63. The van der Waals surface area contributed by atoms with Crippen LogP contribution in [-0.4, -0.2) is 42.3 Å². The zero-order chi connectivity index (χ0) is 16.1. The van der Waals surface area contributed by atoms with Gasteiger partial charge in [-0.25, -0.2) is 0 Å². The van der Waals surface area contributed by atoms with Crippen LogP contribution in [0.1, 0.15) is 11.1 Å². The molecule has 0 bridgehead atoms. The number of halogens is 3. The number of rotatable bonds is 4. The molecule has 3 nitrogen and oxygen atoms in total. The Kier molecular flexibility index (Phi) is 7.38. The third-order valence-corrected chi connectivity index (χ3v) is 4.61. The SMILES string of the molecule is Cl.Clc1cccc(Cl)c1C=NN1CCN(Cc2ccccc2)CC1. The molecule has 0 N–H and O–H groups in total. The summed E-state index contributed by atoms with van der Waals surface area (Å²) in [4.78, 5) is 2.45. The van der Waals surface area contributed by atoms with E-state index < -0.39 is 0 Å². The number of piperazine rings is 1. The van der Waals surface area contributed by atoms with Gasteiger partial charge < -0.3 is 0 Å². The van der Waals surface area contributed by atoms with Crippen molar-refractivity contribution >= 4 is 41.8 Å². The minimum atomic E-state index is 0. The second-order valence-corrected chi connectivity index (χ2v) is 6.41. The van der Waals surface area contributed by atoms with Crippen molar-refractivity contribution in [3.05, 3.63) is 69.7 Å². The van der Waals surface area contributed by atoms with Crippen molar-refractivity contribution < 1.29 is 0 Å². The van der Waals surface area contributed by atoms with E-state index in [0.717, 1.165) is 38.3 Å². The molecule has 0 aliphatic carbocycles. The first-order valence-corrected chi connectivity index (χ1v) is 8.47. The van der Waals surface area contributed by atoms with Crippen LogP contribution in [0.15, 0.2) is 53.6 Å². The molecular formula is C18H20Cl3N3. The van der Waals surface area contributed by atoms with Crippen LogP contribution in [0.3, 0.4) is 0 Å². The normalized spacial score (nSPS) is 15.5. The fourth-order valence-corrected chi connectivity index (χ4v) is 3.12. The van der Waals surface area contributed by atoms with Crippen molar-refractivity contribution in [1.29, 1.82) is 0 Å². The molecule has 1 aliphatic rings. The molecule has 2 aromatic carbocycles. The Bertz CT molecular complexity index is 648.